The average Bonchev–Trinajstić information content (AvgIpc) is 3.20. The van der Waals surface area contributed by atoms with E-state index < -0.39 is 0 Å². The van der Waals surface area contributed by atoms with E-state index in [1.165, 1.54) is 19.3 Å². The number of hydrogen-bond acceptors (Lipinski definition) is 2. The van der Waals surface area contributed by atoms with Crippen LogP contribution in [0.25, 0.3) is 0 Å². The summed E-state index contributed by atoms with van der Waals surface area (Å²) in [5.74, 6) is 2.49. The fraction of sp³-hybridized carbons (Fsp3) is 0.647. The van der Waals surface area contributed by atoms with Gasteiger partial charge in [-0.25, -0.2) is 0 Å². The lowest BCUT2D eigenvalue weighted by atomic mass is 9.94. The Labute approximate surface area is 117 Å². The van der Waals surface area contributed by atoms with Crippen LogP contribution in [0.5, 0.6) is 5.75 Å². The van der Waals surface area contributed by atoms with Gasteiger partial charge in [0.1, 0.15) is 5.75 Å². The summed E-state index contributed by atoms with van der Waals surface area (Å²) >= 11 is 0. The van der Waals surface area contributed by atoms with Crippen LogP contribution in [-0.4, -0.2) is 19.2 Å². The quantitative estimate of drug-likeness (QED) is 0.728. The summed E-state index contributed by atoms with van der Waals surface area (Å²) < 4.78 is 5.81. The van der Waals surface area contributed by atoms with Gasteiger partial charge in [0.05, 0.1) is 6.61 Å². The van der Waals surface area contributed by atoms with Crippen molar-refractivity contribution >= 4 is 0 Å². The molecule has 1 N–H and O–H groups in total. The average molecular weight is 261 g/mol. The number of para-hydroxylation sites is 1. The molecule has 2 rings (SSSR count). The van der Waals surface area contributed by atoms with Gasteiger partial charge in [-0.15, -0.1) is 0 Å². The minimum Gasteiger partial charge on any atom is -0.494 e. The summed E-state index contributed by atoms with van der Waals surface area (Å²) in [6, 6.07) is 10.9. The Bertz CT molecular complexity index is 346. The van der Waals surface area contributed by atoms with Crippen molar-refractivity contribution in [3.8, 4) is 5.75 Å². The highest BCUT2D eigenvalue weighted by Gasteiger charge is 2.22. The smallest absolute Gasteiger partial charge is 0.119 e. The Morgan fingerprint density at radius 1 is 1.21 bits per heavy atom. The van der Waals surface area contributed by atoms with Gasteiger partial charge < -0.3 is 10.1 Å². The third kappa shape index (κ3) is 6.11. The topological polar surface area (TPSA) is 21.3 Å². The van der Waals surface area contributed by atoms with Crippen LogP contribution >= 0.6 is 0 Å². The van der Waals surface area contributed by atoms with E-state index in [4.69, 9.17) is 4.74 Å². The predicted molar refractivity (Wildman–Crippen MR) is 80.5 cm³/mol. The second kappa shape index (κ2) is 7.54. The van der Waals surface area contributed by atoms with Crippen LogP contribution in [0.3, 0.4) is 0 Å². The molecule has 2 heteroatoms. The Morgan fingerprint density at radius 3 is 2.58 bits per heavy atom. The highest BCUT2D eigenvalue weighted by atomic mass is 16.5. The zero-order valence-corrected chi connectivity index (χ0v) is 12.3. The summed E-state index contributed by atoms with van der Waals surface area (Å²) in [5.41, 5.74) is 0. The molecule has 106 valence electrons. The summed E-state index contributed by atoms with van der Waals surface area (Å²) in [6.45, 7) is 6.60. The lowest BCUT2D eigenvalue weighted by molar-refractivity contribution is 0.256. The van der Waals surface area contributed by atoms with E-state index >= 15 is 0 Å². The van der Waals surface area contributed by atoms with Gasteiger partial charge in [0.25, 0.3) is 0 Å². The number of ether oxygens (including phenoxy) is 1. The molecule has 1 saturated carbocycles. The molecule has 0 radical (unpaired) electrons. The van der Waals surface area contributed by atoms with Gasteiger partial charge in [-0.3, -0.25) is 0 Å². The number of benzene rings is 1. The Balaban J connectivity index is 1.68. The largest absolute Gasteiger partial charge is 0.494 e. The molecule has 1 aliphatic carbocycles. The van der Waals surface area contributed by atoms with E-state index in [0.29, 0.717) is 0 Å². The number of hydrogen-bond donors (Lipinski definition) is 1. The second-order valence-electron chi connectivity index (χ2n) is 6.13. The third-order valence-electron chi connectivity index (χ3n) is 3.62. The molecule has 1 fully saturated rings. The molecule has 1 aromatic carbocycles. The van der Waals surface area contributed by atoms with Crippen molar-refractivity contribution in [3.63, 3.8) is 0 Å². The molecule has 0 aromatic heterocycles. The fourth-order valence-electron chi connectivity index (χ4n) is 2.45. The zero-order valence-electron chi connectivity index (χ0n) is 12.3. The summed E-state index contributed by atoms with van der Waals surface area (Å²) in [5, 5.41) is 3.66. The first kappa shape index (κ1) is 14.4. The van der Waals surface area contributed by atoms with Crippen LogP contribution in [0.4, 0.5) is 0 Å². The molecule has 1 atom stereocenters. The number of nitrogens with one attached hydrogen (secondary N) is 1. The van der Waals surface area contributed by atoms with Crippen LogP contribution in [0.1, 0.15) is 39.5 Å². The van der Waals surface area contributed by atoms with Crippen LogP contribution in [-0.2, 0) is 0 Å². The molecule has 0 amide bonds. The van der Waals surface area contributed by atoms with Gasteiger partial charge in [0.2, 0.25) is 0 Å². The summed E-state index contributed by atoms with van der Waals surface area (Å²) in [7, 11) is 0. The molecule has 0 aliphatic heterocycles. The summed E-state index contributed by atoms with van der Waals surface area (Å²) in [6.07, 6.45) is 5.18. The van der Waals surface area contributed by atoms with E-state index in [-0.39, 0.29) is 0 Å². The van der Waals surface area contributed by atoms with E-state index in [0.717, 1.165) is 43.2 Å². The molecule has 0 saturated heterocycles. The van der Waals surface area contributed by atoms with E-state index in [1.807, 2.05) is 30.3 Å². The Hall–Kier alpha value is -1.02. The molecular formula is C17H27NO. The Morgan fingerprint density at radius 2 is 1.95 bits per heavy atom. The minimum absolute atomic E-state index is 0.740. The normalized spacial score (nSPS) is 16.6. The van der Waals surface area contributed by atoms with Crippen molar-refractivity contribution < 1.29 is 4.74 Å². The van der Waals surface area contributed by atoms with Crippen molar-refractivity contribution in [3.05, 3.63) is 30.3 Å². The maximum atomic E-state index is 5.81. The van der Waals surface area contributed by atoms with Gasteiger partial charge in [-0.2, -0.15) is 0 Å². The Kier molecular flexibility index (Phi) is 5.71. The van der Waals surface area contributed by atoms with Crippen molar-refractivity contribution in [2.75, 3.05) is 13.2 Å². The molecule has 0 spiro atoms. The van der Waals surface area contributed by atoms with Crippen molar-refractivity contribution in [1.29, 1.82) is 0 Å². The van der Waals surface area contributed by atoms with Crippen molar-refractivity contribution in [1.82, 2.24) is 5.32 Å². The molecule has 0 heterocycles. The predicted octanol–water partition coefficient (Wildman–Crippen LogP) is 3.87. The first-order valence-electron chi connectivity index (χ1n) is 7.65. The maximum Gasteiger partial charge on any atom is 0.119 e. The van der Waals surface area contributed by atoms with Gasteiger partial charge in [0.15, 0.2) is 0 Å². The second-order valence-corrected chi connectivity index (χ2v) is 6.13. The van der Waals surface area contributed by atoms with Crippen LogP contribution in [0, 0.1) is 11.8 Å². The summed E-state index contributed by atoms with van der Waals surface area (Å²) in [4.78, 5) is 0. The molecule has 0 bridgehead atoms. The minimum atomic E-state index is 0.740. The maximum absolute atomic E-state index is 5.81. The van der Waals surface area contributed by atoms with Crippen molar-refractivity contribution in [2.24, 2.45) is 11.8 Å². The molecular weight excluding hydrogens is 234 g/mol. The first-order chi connectivity index (χ1) is 9.24. The van der Waals surface area contributed by atoms with Crippen LogP contribution < -0.4 is 10.1 Å². The lowest BCUT2D eigenvalue weighted by Crippen LogP contribution is -2.27. The lowest BCUT2D eigenvalue weighted by Gasteiger charge is -2.20. The van der Waals surface area contributed by atoms with Gasteiger partial charge in [0, 0.05) is 6.04 Å². The molecule has 1 aliphatic rings. The van der Waals surface area contributed by atoms with E-state index in [1.54, 1.807) is 0 Å². The monoisotopic (exact) mass is 261 g/mol. The van der Waals surface area contributed by atoms with Crippen LogP contribution in [0.15, 0.2) is 30.3 Å². The zero-order chi connectivity index (χ0) is 13.5. The molecule has 1 unspecified atom stereocenters. The van der Waals surface area contributed by atoms with Gasteiger partial charge in [-0.05, 0) is 56.2 Å². The molecule has 2 nitrogen and oxygen atoms in total. The van der Waals surface area contributed by atoms with Crippen LogP contribution in [0.2, 0.25) is 0 Å². The fourth-order valence-corrected chi connectivity index (χ4v) is 2.45. The third-order valence-corrected chi connectivity index (χ3v) is 3.62. The standard InChI is InChI=1S/C17H27NO/c1-14(2)12-15(13-18-16-8-9-16)10-11-19-17-6-4-3-5-7-17/h3-7,14-16,18H,8-13H2,1-2H3. The highest BCUT2D eigenvalue weighted by molar-refractivity contribution is 5.20. The first-order valence-corrected chi connectivity index (χ1v) is 7.65. The SMILES string of the molecule is CC(C)CC(CCOc1ccccc1)CNC1CC1. The van der Waals surface area contributed by atoms with E-state index in [9.17, 15) is 0 Å². The highest BCUT2D eigenvalue weighted by Crippen LogP contribution is 2.21. The number of rotatable bonds is 9. The molecule has 19 heavy (non-hydrogen) atoms. The van der Waals surface area contributed by atoms with Gasteiger partial charge >= 0.3 is 0 Å². The van der Waals surface area contributed by atoms with Crippen molar-refractivity contribution in [2.45, 2.75) is 45.6 Å². The van der Waals surface area contributed by atoms with E-state index in [2.05, 4.69) is 19.2 Å². The molecule has 1 aromatic rings. The van der Waals surface area contributed by atoms with Gasteiger partial charge in [-0.1, -0.05) is 32.0 Å².